The lowest BCUT2D eigenvalue weighted by atomic mass is 9.99. The van der Waals surface area contributed by atoms with Crippen LogP contribution in [0.15, 0.2) is 72.8 Å². The molecule has 0 saturated heterocycles. The van der Waals surface area contributed by atoms with Crippen LogP contribution in [0, 0.1) is 5.82 Å². The molecule has 0 spiro atoms. The van der Waals surface area contributed by atoms with Gasteiger partial charge in [0.1, 0.15) is 5.82 Å². The van der Waals surface area contributed by atoms with Gasteiger partial charge in [0.25, 0.3) is 0 Å². The summed E-state index contributed by atoms with van der Waals surface area (Å²) in [4.78, 5) is 26.5. The number of fused-ring (bicyclic) bond motifs is 1. The SMILES string of the molecule is O=C(Nc1ccc(F)cc1)Nc1ccc2c(c1)CCC(=O)N2Cc1ccccc1. The molecule has 0 atom stereocenters. The molecule has 0 fully saturated rings. The quantitative estimate of drug-likeness (QED) is 0.663. The van der Waals surface area contributed by atoms with Crippen molar-refractivity contribution in [1.82, 2.24) is 0 Å². The zero-order chi connectivity index (χ0) is 20.2. The number of anilines is 3. The van der Waals surface area contributed by atoms with E-state index >= 15 is 0 Å². The Hall–Kier alpha value is -3.67. The van der Waals surface area contributed by atoms with Crippen LogP contribution in [0.2, 0.25) is 0 Å². The van der Waals surface area contributed by atoms with Crippen LogP contribution in [0.25, 0.3) is 0 Å². The molecule has 6 heteroatoms. The number of benzene rings is 3. The van der Waals surface area contributed by atoms with E-state index in [9.17, 15) is 14.0 Å². The molecule has 0 bridgehead atoms. The van der Waals surface area contributed by atoms with E-state index in [-0.39, 0.29) is 11.7 Å². The zero-order valence-electron chi connectivity index (χ0n) is 15.7. The van der Waals surface area contributed by atoms with Crippen molar-refractivity contribution in [3.8, 4) is 0 Å². The van der Waals surface area contributed by atoms with Crippen LogP contribution in [0.5, 0.6) is 0 Å². The van der Waals surface area contributed by atoms with Gasteiger partial charge in [-0.3, -0.25) is 4.79 Å². The first kappa shape index (κ1) is 18.7. The van der Waals surface area contributed by atoms with E-state index in [2.05, 4.69) is 10.6 Å². The van der Waals surface area contributed by atoms with Crippen molar-refractivity contribution in [2.45, 2.75) is 19.4 Å². The molecule has 0 aromatic heterocycles. The van der Waals surface area contributed by atoms with E-state index in [4.69, 9.17) is 0 Å². The second-order valence-corrected chi connectivity index (χ2v) is 6.89. The molecule has 0 radical (unpaired) electrons. The highest BCUT2D eigenvalue weighted by Gasteiger charge is 2.24. The van der Waals surface area contributed by atoms with Gasteiger partial charge in [-0.1, -0.05) is 30.3 Å². The molecule has 0 aliphatic carbocycles. The molecule has 3 aromatic carbocycles. The second-order valence-electron chi connectivity index (χ2n) is 6.89. The highest BCUT2D eigenvalue weighted by Crippen LogP contribution is 2.31. The number of hydrogen-bond acceptors (Lipinski definition) is 2. The molecule has 146 valence electrons. The lowest BCUT2D eigenvalue weighted by Gasteiger charge is -2.30. The van der Waals surface area contributed by atoms with E-state index in [0.717, 1.165) is 16.8 Å². The van der Waals surface area contributed by atoms with E-state index in [1.807, 2.05) is 42.5 Å². The summed E-state index contributed by atoms with van der Waals surface area (Å²) in [5.41, 5.74) is 4.09. The summed E-state index contributed by atoms with van der Waals surface area (Å²) >= 11 is 0. The number of urea groups is 1. The number of rotatable bonds is 4. The lowest BCUT2D eigenvalue weighted by molar-refractivity contribution is -0.119. The van der Waals surface area contributed by atoms with E-state index in [1.165, 1.54) is 24.3 Å². The fraction of sp³-hybridized carbons (Fsp3) is 0.130. The van der Waals surface area contributed by atoms with Crippen molar-refractivity contribution in [2.24, 2.45) is 0 Å². The van der Waals surface area contributed by atoms with Crippen molar-refractivity contribution in [3.05, 3.63) is 89.7 Å². The maximum absolute atomic E-state index is 13.0. The summed E-state index contributed by atoms with van der Waals surface area (Å²) in [6.45, 7) is 0.518. The smallest absolute Gasteiger partial charge is 0.308 e. The van der Waals surface area contributed by atoms with Crippen LogP contribution in [-0.2, 0) is 17.8 Å². The molecular formula is C23H20FN3O2. The molecule has 1 aliphatic heterocycles. The summed E-state index contributed by atoms with van der Waals surface area (Å²) in [5.74, 6) is -0.267. The first-order chi connectivity index (χ1) is 14.1. The van der Waals surface area contributed by atoms with Crippen molar-refractivity contribution in [1.29, 1.82) is 0 Å². The predicted octanol–water partition coefficient (Wildman–Crippen LogP) is 4.95. The summed E-state index contributed by atoms with van der Waals surface area (Å²) in [6, 6.07) is 20.5. The first-order valence-electron chi connectivity index (χ1n) is 9.39. The van der Waals surface area contributed by atoms with Gasteiger partial charge < -0.3 is 15.5 Å². The number of halogens is 1. The fourth-order valence-electron chi connectivity index (χ4n) is 3.40. The monoisotopic (exact) mass is 389 g/mol. The van der Waals surface area contributed by atoms with Crippen molar-refractivity contribution in [2.75, 3.05) is 15.5 Å². The highest BCUT2D eigenvalue weighted by molar-refractivity contribution is 6.01. The minimum Gasteiger partial charge on any atom is -0.308 e. The van der Waals surface area contributed by atoms with Crippen LogP contribution in [0.4, 0.5) is 26.2 Å². The first-order valence-corrected chi connectivity index (χ1v) is 9.39. The van der Waals surface area contributed by atoms with Crippen molar-refractivity contribution < 1.29 is 14.0 Å². The molecule has 29 heavy (non-hydrogen) atoms. The van der Waals surface area contributed by atoms with Gasteiger partial charge in [-0.15, -0.1) is 0 Å². The highest BCUT2D eigenvalue weighted by atomic mass is 19.1. The molecular weight excluding hydrogens is 369 g/mol. The average molecular weight is 389 g/mol. The summed E-state index contributed by atoms with van der Waals surface area (Å²) in [5, 5.41) is 5.45. The van der Waals surface area contributed by atoms with Gasteiger partial charge in [0.15, 0.2) is 0 Å². The number of aryl methyl sites for hydroxylation is 1. The maximum atomic E-state index is 13.0. The van der Waals surface area contributed by atoms with Crippen LogP contribution >= 0.6 is 0 Å². The fourth-order valence-corrected chi connectivity index (χ4v) is 3.40. The zero-order valence-corrected chi connectivity index (χ0v) is 15.7. The Bertz CT molecular complexity index is 1040. The second kappa shape index (κ2) is 8.14. The number of carbonyl (C=O) groups is 2. The third-order valence-corrected chi connectivity index (χ3v) is 4.82. The Kier molecular flexibility index (Phi) is 5.24. The summed E-state index contributed by atoms with van der Waals surface area (Å²) < 4.78 is 13.0. The van der Waals surface area contributed by atoms with Crippen LogP contribution in [0.1, 0.15) is 17.5 Å². The molecule has 1 aliphatic rings. The molecule has 4 rings (SSSR count). The predicted molar refractivity (Wildman–Crippen MR) is 111 cm³/mol. The van der Waals surface area contributed by atoms with Crippen molar-refractivity contribution >= 4 is 29.0 Å². The molecule has 3 aromatic rings. The Morgan fingerprint density at radius 2 is 1.59 bits per heavy atom. The Morgan fingerprint density at radius 1 is 0.897 bits per heavy atom. The van der Waals surface area contributed by atoms with Gasteiger partial charge in [-0.2, -0.15) is 0 Å². The maximum Gasteiger partial charge on any atom is 0.323 e. The molecule has 0 saturated carbocycles. The third kappa shape index (κ3) is 4.43. The number of nitrogens with zero attached hydrogens (tertiary/aromatic N) is 1. The topological polar surface area (TPSA) is 61.4 Å². The minimum absolute atomic E-state index is 0.0936. The number of carbonyl (C=O) groups excluding carboxylic acids is 2. The Labute approximate surface area is 168 Å². The van der Waals surface area contributed by atoms with Crippen LogP contribution in [0.3, 0.4) is 0 Å². The number of amides is 3. The normalized spacial score (nSPS) is 13.0. The van der Waals surface area contributed by atoms with Gasteiger partial charge in [-0.05, 0) is 60.0 Å². The van der Waals surface area contributed by atoms with Gasteiger partial charge in [0, 0.05) is 23.5 Å². The Morgan fingerprint density at radius 3 is 2.34 bits per heavy atom. The van der Waals surface area contributed by atoms with E-state index in [0.29, 0.717) is 30.8 Å². The molecule has 1 heterocycles. The molecule has 5 nitrogen and oxygen atoms in total. The van der Waals surface area contributed by atoms with Gasteiger partial charge >= 0.3 is 6.03 Å². The van der Waals surface area contributed by atoms with E-state index in [1.54, 1.807) is 11.0 Å². The molecule has 3 amide bonds. The van der Waals surface area contributed by atoms with Gasteiger partial charge in [-0.25, -0.2) is 9.18 Å². The number of nitrogens with one attached hydrogen (secondary N) is 2. The standard InChI is InChI=1S/C23H20FN3O2/c24-18-7-9-19(10-8-18)25-23(29)26-20-11-12-21-17(14-20)6-13-22(28)27(21)15-16-4-2-1-3-5-16/h1-5,7-12,14H,6,13,15H2,(H2,25,26,29). The minimum atomic E-state index is -0.412. The van der Waals surface area contributed by atoms with E-state index < -0.39 is 6.03 Å². The van der Waals surface area contributed by atoms with Crippen LogP contribution < -0.4 is 15.5 Å². The Balaban J connectivity index is 1.48. The van der Waals surface area contributed by atoms with Crippen molar-refractivity contribution in [3.63, 3.8) is 0 Å². The van der Waals surface area contributed by atoms with Gasteiger partial charge in [0.2, 0.25) is 5.91 Å². The summed E-state index contributed by atoms with van der Waals surface area (Å²) in [6.07, 6.45) is 1.07. The average Bonchev–Trinajstić information content (AvgIpc) is 2.72. The van der Waals surface area contributed by atoms with Gasteiger partial charge in [0.05, 0.1) is 6.54 Å². The molecule has 0 unspecified atom stereocenters. The third-order valence-electron chi connectivity index (χ3n) is 4.82. The largest absolute Gasteiger partial charge is 0.323 e. The van der Waals surface area contributed by atoms with Crippen LogP contribution in [-0.4, -0.2) is 11.9 Å². The summed E-state index contributed by atoms with van der Waals surface area (Å²) in [7, 11) is 0. The lowest BCUT2D eigenvalue weighted by Crippen LogP contribution is -2.34. The molecule has 2 N–H and O–H groups in total. The number of hydrogen-bond donors (Lipinski definition) is 2.